The van der Waals surface area contributed by atoms with Gasteiger partial charge in [-0.25, -0.2) is 42.4 Å². The first-order chi connectivity index (χ1) is 22.0. The molecule has 3 aromatic rings. The van der Waals surface area contributed by atoms with Crippen LogP contribution in [0.4, 0.5) is 0 Å². The summed E-state index contributed by atoms with van der Waals surface area (Å²) in [5.41, 5.74) is 2.16. The van der Waals surface area contributed by atoms with Gasteiger partial charge in [-0.15, -0.1) is 0 Å². The number of sulfone groups is 3. The van der Waals surface area contributed by atoms with Crippen LogP contribution in [0.1, 0.15) is 16.7 Å². The molecule has 13 nitrogen and oxygen atoms in total. The van der Waals surface area contributed by atoms with Crippen molar-refractivity contribution in [2.24, 2.45) is 0 Å². The molecule has 0 bridgehead atoms. The van der Waals surface area contributed by atoms with E-state index in [2.05, 4.69) is 0 Å². The Morgan fingerprint density at radius 2 is 0.620 bits per heavy atom. The fourth-order valence-electron chi connectivity index (χ4n) is 4.71. The summed E-state index contributed by atoms with van der Waals surface area (Å²) >= 11 is 0. The van der Waals surface area contributed by atoms with Crippen molar-refractivity contribution in [2.45, 2.75) is 35.5 Å². The third-order valence-corrected chi connectivity index (χ3v) is 29.0. The summed E-state index contributed by atoms with van der Waals surface area (Å²) in [5, 5.41) is -3.98. The van der Waals surface area contributed by atoms with E-state index in [4.69, 9.17) is 11.9 Å². The summed E-state index contributed by atoms with van der Waals surface area (Å²) in [7, 11) is -35.2. The zero-order chi connectivity index (χ0) is 38.5. The van der Waals surface area contributed by atoms with Crippen LogP contribution < -0.4 is 0 Å². The molecular weight excluding hydrogens is 792 g/mol. The lowest BCUT2D eigenvalue weighted by Crippen LogP contribution is -2.45. The van der Waals surface area contributed by atoms with Crippen LogP contribution in [0.25, 0.3) is 0 Å². The van der Waals surface area contributed by atoms with E-state index in [9.17, 15) is 42.4 Å². The summed E-state index contributed by atoms with van der Waals surface area (Å²) in [6.07, 6.45) is 4.66. The van der Waals surface area contributed by atoms with Gasteiger partial charge in [0.1, 0.15) is 15.3 Å². The van der Waals surface area contributed by atoms with Crippen LogP contribution in [0.3, 0.4) is 0 Å². The van der Waals surface area contributed by atoms with Gasteiger partial charge >= 0.3 is 7.82 Å². The molecule has 3 rings (SSSR count). The van der Waals surface area contributed by atoms with Crippen LogP contribution in [0.5, 0.6) is 0 Å². The summed E-state index contributed by atoms with van der Waals surface area (Å²) in [6.45, 7) is 5.13. The standard InChI is InChI=1S/C30H45O13PS6/c1-25-10-16-28(17-11-25)45(32,33)22-48(4,5,38)41-44(31,42-49(6,7,39)23-46(34,35)29-18-12-26(2)13-19-29)43-50(8,9,40)24-47(36,37)30-20-14-27(3)15-21-30/h10-21H,22-24H2,1-9H3. The first-order valence-electron chi connectivity index (χ1n) is 14.5. The third-order valence-electron chi connectivity index (χ3n) is 6.57. The fraction of sp³-hybridized carbons (Fsp3) is 0.400. The minimum atomic E-state index is -5.92. The Labute approximate surface area is 295 Å². The molecular formula is C30H45O13PS6. The molecule has 0 aliphatic carbocycles. The number of hydrogen-bond donors (Lipinski definition) is 0. The highest BCUT2D eigenvalue weighted by Crippen LogP contribution is 2.63. The molecule has 0 saturated heterocycles. The van der Waals surface area contributed by atoms with Crippen LogP contribution in [0.2, 0.25) is 0 Å². The second-order valence-corrected chi connectivity index (χ2v) is 36.5. The lowest BCUT2D eigenvalue weighted by molar-refractivity contribution is 0.312. The van der Waals surface area contributed by atoms with Gasteiger partial charge in [-0.05, 0) is 57.2 Å². The van der Waals surface area contributed by atoms with E-state index in [0.29, 0.717) is 0 Å². The summed E-state index contributed by atoms with van der Waals surface area (Å²) in [4.78, 5) is -0.833. The summed E-state index contributed by atoms with van der Waals surface area (Å²) in [6, 6.07) is 16.4. The average Bonchev–Trinajstić information content (AvgIpc) is 2.84. The maximum Gasteiger partial charge on any atom is 0.530 e. The van der Waals surface area contributed by atoms with Gasteiger partial charge in [0.15, 0.2) is 29.5 Å². The Kier molecular flexibility index (Phi) is 10.9. The van der Waals surface area contributed by atoms with Gasteiger partial charge in [0, 0.05) is 37.5 Å². The van der Waals surface area contributed by atoms with Crippen LogP contribution in [-0.4, -0.2) is 90.7 Å². The van der Waals surface area contributed by atoms with E-state index >= 15 is 0 Å². The van der Waals surface area contributed by atoms with Gasteiger partial charge in [0.25, 0.3) is 0 Å². The lowest BCUT2D eigenvalue weighted by atomic mass is 10.2. The maximum absolute atomic E-state index is 14.7. The quantitative estimate of drug-likeness (QED) is 0.196. The van der Waals surface area contributed by atoms with Crippen LogP contribution >= 0.6 is 7.82 Å². The Morgan fingerprint density at radius 1 is 0.440 bits per heavy atom. The van der Waals surface area contributed by atoms with E-state index in [1.54, 1.807) is 20.8 Å². The second kappa shape index (κ2) is 12.9. The van der Waals surface area contributed by atoms with Crippen molar-refractivity contribution < 1.29 is 54.4 Å². The van der Waals surface area contributed by atoms with Crippen molar-refractivity contribution in [3.05, 3.63) is 89.5 Å². The van der Waals surface area contributed by atoms with Crippen molar-refractivity contribution in [3.63, 3.8) is 0 Å². The number of aryl methyl sites for hydroxylation is 3. The van der Waals surface area contributed by atoms with E-state index < -0.39 is 80.6 Å². The number of rotatable bonds is 15. The van der Waals surface area contributed by atoms with E-state index in [1.165, 1.54) is 72.8 Å². The predicted octanol–water partition coefficient (Wildman–Crippen LogP) is 4.35. The highest BCUT2D eigenvalue weighted by molar-refractivity contribution is 8.28. The molecule has 20 heteroatoms. The zero-order valence-electron chi connectivity index (χ0n) is 29.3. The van der Waals surface area contributed by atoms with E-state index in [0.717, 1.165) is 54.2 Å². The summed E-state index contributed by atoms with van der Waals surface area (Å²) in [5.74, 6) is 0. The van der Waals surface area contributed by atoms with Gasteiger partial charge in [-0.3, -0.25) is 0 Å². The zero-order valence-corrected chi connectivity index (χ0v) is 35.0. The SMILES string of the molecule is Cc1ccc(S(=O)(=O)CS(C)(C)(=O)OP(=O)(OS(C)(C)(=O)CS(=O)(=O)c2ccc(C)cc2)OS(C)(C)(=O)CS(=O)(=O)c2ccc(C)cc2)cc1. The molecule has 0 fully saturated rings. The number of hydrogen-bond acceptors (Lipinski definition) is 13. The lowest BCUT2D eigenvalue weighted by Gasteiger charge is -2.48. The Hall–Kier alpha value is -1.93. The number of benzene rings is 3. The molecule has 0 atom stereocenters. The molecule has 3 aromatic carbocycles. The Bertz CT molecular complexity index is 2110. The molecule has 0 aromatic heterocycles. The van der Waals surface area contributed by atoms with Crippen LogP contribution in [0.15, 0.2) is 87.5 Å². The van der Waals surface area contributed by atoms with Gasteiger partial charge < -0.3 is 0 Å². The molecule has 0 N–H and O–H groups in total. The van der Waals surface area contributed by atoms with Crippen molar-refractivity contribution in [1.29, 1.82) is 0 Å². The van der Waals surface area contributed by atoms with E-state index in [1.807, 2.05) is 0 Å². The molecule has 50 heavy (non-hydrogen) atoms. The van der Waals surface area contributed by atoms with E-state index in [-0.39, 0.29) is 14.7 Å². The molecule has 0 radical (unpaired) electrons. The first kappa shape index (κ1) is 42.5. The molecule has 0 heterocycles. The normalized spacial score (nSPS) is 17.3. The molecule has 0 aliphatic heterocycles. The smallest absolute Gasteiger partial charge is 0.223 e. The molecule has 0 saturated carbocycles. The largest absolute Gasteiger partial charge is 0.530 e. The summed E-state index contributed by atoms with van der Waals surface area (Å²) < 4.78 is 154. The van der Waals surface area contributed by atoms with Crippen molar-refractivity contribution in [1.82, 2.24) is 0 Å². The highest BCUT2D eigenvalue weighted by Gasteiger charge is 2.51. The minimum Gasteiger partial charge on any atom is -0.223 e. The third kappa shape index (κ3) is 12.1. The predicted molar refractivity (Wildman–Crippen MR) is 201 cm³/mol. The van der Waals surface area contributed by atoms with Crippen molar-refractivity contribution >= 4 is 65.4 Å². The van der Waals surface area contributed by atoms with Crippen LogP contribution in [0, 0.1) is 20.8 Å². The van der Waals surface area contributed by atoms with Crippen molar-refractivity contribution in [2.75, 3.05) is 52.8 Å². The molecule has 0 amide bonds. The first-order valence-corrected chi connectivity index (χ1v) is 29.5. The van der Waals surface area contributed by atoms with Gasteiger partial charge in [0.05, 0.1) is 14.7 Å². The van der Waals surface area contributed by atoms with Gasteiger partial charge in [-0.2, -0.15) is 39.9 Å². The monoisotopic (exact) mass is 836 g/mol. The van der Waals surface area contributed by atoms with Gasteiger partial charge in [-0.1, -0.05) is 53.1 Å². The molecule has 0 unspecified atom stereocenters. The average molecular weight is 837 g/mol. The molecule has 0 aliphatic rings. The second-order valence-electron chi connectivity index (χ2n) is 14.2. The molecule has 284 valence electrons. The van der Waals surface area contributed by atoms with Crippen molar-refractivity contribution in [3.8, 4) is 0 Å². The molecule has 0 spiro atoms. The Balaban J connectivity index is 2.15. The van der Waals surface area contributed by atoms with Crippen LogP contribution in [-0.2, 0) is 74.0 Å². The topological polar surface area (TPSA) is 198 Å². The maximum atomic E-state index is 14.7. The highest BCUT2D eigenvalue weighted by atomic mass is 32.3. The number of phosphoric acid groups is 1. The van der Waals surface area contributed by atoms with Gasteiger partial charge in [0.2, 0.25) is 0 Å². The Morgan fingerprint density at radius 3 is 0.800 bits per heavy atom. The minimum absolute atomic E-state index is 0.278. The fourth-order valence-corrected chi connectivity index (χ4v) is 28.0.